The zero-order valence-corrected chi connectivity index (χ0v) is 68.4. The average Bonchev–Trinajstić information content (AvgIpc) is 1.02. The number of halogens is 2. The lowest BCUT2D eigenvalue weighted by Crippen LogP contribution is -3.00. The van der Waals surface area contributed by atoms with Gasteiger partial charge in [0.05, 0.1) is 60.3 Å². The molecule has 0 rings (SSSR count). The number of alkyl halides is 1. The quantitative estimate of drug-likeness (QED) is 0.0193. The third kappa shape index (κ3) is 80.9. The van der Waals surface area contributed by atoms with Crippen molar-refractivity contribution in [3.63, 3.8) is 0 Å². The molecule has 98 heavy (non-hydrogen) atoms. The van der Waals surface area contributed by atoms with E-state index in [0.717, 1.165) is 51.4 Å². The van der Waals surface area contributed by atoms with Crippen LogP contribution in [0.15, 0.2) is 0 Å². The summed E-state index contributed by atoms with van der Waals surface area (Å²) in [6, 6.07) is 0. The Morgan fingerprint density at radius 2 is 0.531 bits per heavy atom. The van der Waals surface area contributed by atoms with Crippen molar-refractivity contribution in [3.8, 4) is 0 Å². The lowest BCUT2D eigenvalue weighted by atomic mass is 10.1. The fourth-order valence-corrected chi connectivity index (χ4v) is 11.7. The van der Waals surface area contributed by atoms with Crippen LogP contribution in [0.25, 0.3) is 0 Å². The number of hydrogen-bond acceptors (Lipinski definition) is 13. The van der Waals surface area contributed by atoms with E-state index in [2.05, 4.69) is 43.6 Å². The van der Waals surface area contributed by atoms with Crippen molar-refractivity contribution in [1.82, 2.24) is 14.7 Å². The first kappa shape index (κ1) is 102. The Morgan fingerprint density at radius 1 is 0.327 bits per heavy atom. The summed E-state index contributed by atoms with van der Waals surface area (Å²) >= 11 is 3.00. The molecule has 0 fully saturated rings. The second-order valence-electron chi connectivity index (χ2n) is 28.4. The molecule has 0 atom stereocenters. The highest BCUT2D eigenvalue weighted by Gasteiger charge is 2.24. The molecule has 0 aliphatic rings. The predicted octanol–water partition coefficient (Wildman–Crippen LogP) is 16.2. The molecular formula is C80H158Br2N4O12. The minimum atomic E-state index is -0.158. The largest absolute Gasteiger partial charge is 1.00 e. The van der Waals surface area contributed by atoms with Gasteiger partial charge in [-0.3, -0.25) is 28.8 Å². The Balaban J connectivity index is -0.000000847. The third-order valence-electron chi connectivity index (χ3n) is 17.8. The van der Waals surface area contributed by atoms with Crippen LogP contribution in [-0.4, -0.2) is 184 Å². The summed E-state index contributed by atoms with van der Waals surface area (Å²) in [5.41, 5.74) is 0. The summed E-state index contributed by atoms with van der Waals surface area (Å²) in [6.45, 7) is 13.6. The highest BCUT2D eigenvalue weighted by molar-refractivity contribution is 9.09. The number of amides is 2. The SMILES string of the molecule is CCCCCCCCCCCCCC(=O)OCCCN(CCCOC(=O)CCCCCCCCCCCCC)C(=O)CN(C)C.CCCCCCCCCCCCCC(=O)OCCCN(CCCOC(=O)CCCCCCCCCCCCC)C(=O)C[N+](C)(C)CCO.OCCBr.[Br-]. The molecule has 0 aromatic carbocycles. The molecule has 0 unspecified atom stereocenters. The van der Waals surface area contributed by atoms with Gasteiger partial charge < -0.3 is 65.3 Å². The number of hydrogen-bond donors (Lipinski definition) is 2. The van der Waals surface area contributed by atoms with Gasteiger partial charge >= 0.3 is 23.9 Å². The first-order valence-electron chi connectivity index (χ1n) is 40.5. The van der Waals surface area contributed by atoms with E-state index in [-0.39, 0.29) is 72.4 Å². The first-order chi connectivity index (χ1) is 47.1. The Hall–Kier alpha value is -2.38. The normalized spacial score (nSPS) is 11.1. The van der Waals surface area contributed by atoms with E-state index in [0.29, 0.717) is 127 Å². The van der Waals surface area contributed by atoms with Crippen LogP contribution in [0, 0.1) is 0 Å². The van der Waals surface area contributed by atoms with Crippen LogP contribution in [0.3, 0.4) is 0 Å². The van der Waals surface area contributed by atoms with Crippen LogP contribution >= 0.6 is 15.9 Å². The van der Waals surface area contributed by atoms with Crippen molar-refractivity contribution < 1.29 is 79.4 Å². The van der Waals surface area contributed by atoms with E-state index in [1.807, 2.05) is 33.1 Å². The molecule has 0 radical (unpaired) electrons. The molecule has 584 valence electrons. The maximum Gasteiger partial charge on any atom is 0.305 e. The van der Waals surface area contributed by atoms with E-state index in [9.17, 15) is 33.9 Å². The van der Waals surface area contributed by atoms with Crippen molar-refractivity contribution in [2.45, 2.75) is 362 Å². The smallest absolute Gasteiger partial charge is 0.305 e. The van der Waals surface area contributed by atoms with E-state index < -0.39 is 0 Å². The number of aliphatic hydroxyl groups is 2. The highest BCUT2D eigenvalue weighted by Crippen LogP contribution is 2.17. The first-order valence-corrected chi connectivity index (χ1v) is 41.6. The summed E-state index contributed by atoms with van der Waals surface area (Å²) < 4.78 is 22.2. The maximum absolute atomic E-state index is 13.2. The summed E-state index contributed by atoms with van der Waals surface area (Å²) in [5, 5.41) is 17.9. The van der Waals surface area contributed by atoms with Crippen molar-refractivity contribution in [2.75, 3.05) is 119 Å². The average molecular weight is 1530 g/mol. The third-order valence-corrected chi connectivity index (χ3v) is 18.1. The lowest BCUT2D eigenvalue weighted by molar-refractivity contribution is -0.883. The van der Waals surface area contributed by atoms with Crippen molar-refractivity contribution in [1.29, 1.82) is 0 Å². The van der Waals surface area contributed by atoms with Gasteiger partial charge in [-0.1, -0.05) is 300 Å². The van der Waals surface area contributed by atoms with Gasteiger partial charge in [0.1, 0.15) is 6.54 Å². The van der Waals surface area contributed by atoms with Gasteiger partial charge in [0.15, 0.2) is 6.54 Å². The van der Waals surface area contributed by atoms with Crippen LogP contribution in [-0.2, 0) is 47.7 Å². The van der Waals surface area contributed by atoms with Gasteiger partial charge in [-0.2, -0.15) is 0 Å². The molecule has 0 saturated carbocycles. The number of nitrogens with zero attached hydrogens (tertiary/aromatic N) is 4. The summed E-state index contributed by atoms with van der Waals surface area (Å²) in [5.74, 6) is -0.556. The zero-order chi connectivity index (χ0) is 72.2. The van der Waals surface area contributed by atoms with Gasteiger partial charge in [-0.05, 0) is 65.5 Å². The number of unbranched alkanes of at least 4 members (excludes halogenated alkanes) is 40. The Bertz CT molecular complexity index is 1640. The summed E-state index contributed by atoms with van der Waals surface area (Å²) in [7, 11) is 7.62. The molecule has 16 nitrogen and oxygen atoms in total. The molecule has 2 amide bonds. The topological polar surface area (TPSA) is 190 Å². The Labute approximate surface area is 622 Å². The molecule has 0 bridgehead atoms. The number of rotatable bonds is 71. The van der Waals surface area contributed by atoms with Gasteiger partial charge in [0.25, 0.3) is 5.91 Å². The Kier molecular flexibility index (Phi) is 85.2. The molecule has 18 heteroatoms. The lowest BCUT2D eigenvalue weighted by Gasteiger charge is -2.31. The van der Waals surface area contributed by atoms with Crippen molar-refractivity contribution in [3.05, 3.63) is 0 Å². The molecule has 0 aromatic heterocycles. The van der Waals surface area contributed by atoms with E-state index in [4.69, 9.17) is 24.1 Å². The van der Waals surface area contributed by atoms with Crippen LogP contribution in [0.4, 0.5) is 0 Å². The van der Waals surface area contributed by atoms with Gasteiger partial charge in [0, 0.05) is 57.2 Å². The van der Waals surface area contributed by atoms with Gasteiger partial charge in [-0.25, -0.2) is 0 Å². The maximum atomic E-state index is 13.2. The van der Waals surface area contributed by atoms with E-state index in [1.165, 1.54) is 231 Å². The summed E-state index contributed by atoms with van der Waals surface area (Å²) in [6.07, 6.45) is 59.4. The minimum Gasteiger partial charge on any atom is -1.00 e. The molecule has 0 heterocycles. The number of carbonyl (C=O) groups excluding carboxylic acids is 6. The number of likely N-dealkylation sites (N-methyl/N-ethyl adjacent to an activating group) is 2. The fraction of sp³-hybridized carbons (Fsp3) is 0.925. The van der Waals surface area contributed by atoms with Crippen molar-refractivity contribution >= 4 is 51.6 Å². The zero-order valence-electron chi connectivity index (χ0n) is 65.2. The molecule has 0 saturated heterocycles. The molecule has 2 N–H and O–H groups in total. The van der Waals surface area contributed by atoms with E-state index in [1.54, 1.807) is 9.80 Å². The number of aliphatic hydroxyl groups excluding tert-OH is 2. The second kappa shape index (κ2) is 81.9. The van der Waals surface area contributed by atoms with Crippen molar-refractivity contribution in [2.24, 2.45) is 0 Å². The van der Waals surface area contributed by atoms with Gasteiger partial charge in [-0.15, -0.1) is 0 Å². The summed E-state index contributed by atoms with van der Waals surface area (Å²) in [4.78, 5) is 80.1. The minimum absolute atomic E-state index is 0. The molecule has 0 aliphatic carbocycles. The fourth-order valence-electron chi connectivity index (χ4n) is 11.7. The van der Waals surface area contributed by atoms with Gasteiger partial charge in [0.2, 0.25) is 5.91 Å². The standard InChI is InChI=1S/C40H79N2O6.C38H74N2O5.C2H5BrO.BrH/c1-5-7-9-11-13-15-17-19-21-23-25-29-39(45)47-35-27-31-41(38(44)37-42(3,4)33-34-43)32-28-36-48-40(46)30-26-24-22-20-18-16-14-12-10-8-6-2;1-5-7-9-11-13-15-17-19-21-23-25-29-37(42)44-33-27-31-40(36(41)35-39(3)4)32-28-34-45-38(43)30-26-24-22-20-18-16-14-12-10-8-6-2;3-1-2-4;/h43H,5-37H2,1-4H3;5-35H2,1-4H3;4H,1-2H2;1H/q+1;;;/p-1. The highest BCUT2D eigenvalue weighted by atomic mass is 79.9. The molecular weight excluding hydrogens is 1370 g/mol. The number of esters is 4. The van der Waals surface area contributed by atoms with Crippen LogP contribution < -0.4 is 17.0 Å². The predicted molar refractivity (Wildman–Crippen MR) is 408 cm³/mol. The number of quaternary nitrogens is 1. The second-order valence-corrected chi connectivity index (χ2v) is 29.2. The number of ether oxygens (including phenoxy) is 4. The van der Waals surface area contributed by atoms with E-state index >= 15 is 0 Å². The molecule has 0 aliphatic heterocycles. The van der Waals surface area contributed by atoms with Crippen LogP contribution in [0.1, 0.15) is 362 Å². The molecule has 0 aromatic rings. The number of carbonyl (C=O) groups is 6. The monoisotopic (exact) mass is 1530 g/mol. The molecule has 0 spiro atoms. The van der Waals surface area contributed by atoms with Crippen LogP contribution in [0.2, 0.25) is 0 Å². The van der Waals surface area contributed by atoms with Crippen LogP contribution in [0.5, 0.6) is 0 Å². The Morgan fingerprint density at radius 3 is 0.724 bits per heavy atom.